The second-order valence-corrected chi connectivity index (χ2v) is 7.98. The minimum absolute atomic E-state index is 0.316. The van der Waals surface area contributed by atoms with Crippen LogP contribution in [0.4, 0.5) is 0 Å². The Hall–Kier alpha value is -2.37. The highest BCUT2D eigenvalue weighted by atomic mass is 32.2. The van der Waals surface area contributed by atoms with Gasteiger partial charge >= 0.3 is 0 Å². The van der Waals surface area contributed by atoms with E-state index in [4.69, 9.17) is 0 Å². The average Bonchev–Trinajstić information content (AvgIpc) is 3.11. The molecule has 5 heteroatoms. The minimum Gasteiger partial charge on any atom is -0.324 e. The highest BCUT2D eigenvalue weighted by Crippen LogP contribution is 2.21. The molecule has 0 spiro atoms. The highest BCUT2D eigenvalue weighted by Gasteiger charge is 2.20. The van der Waals surface area contributed by atoms with Gasteiger partial charge in [0, 0.05) is 24.1 Å². The van der Waals surface area contributed by atoms with Crippen LogP contribution in [0.2, 0.25) is 0 Å². The maximum absolute atomic E-state index is 12.7. The summed E-state index contributed by atoms with van der Waals surface area (Å²) < 4.78 is 30.2. The van der Waals surface area contributed by atoms with Crippen LogP contribution in [-0.2, 0) is 10.0 Å². The van der Waals surface area contributed by atoms with Crippen LogP contribution in [0.5, 0.6) is 0 Å². The van der Waals surface area contributed by atoms with Crippen LogP contribution in [0, 0.1) is 13.8 Å². The Morgan fingerprint density at radius 2 is 1.60 bits per heavy atom. The summed E-state index contributed by atoms with van der Waals surface area (Å²) in [4.78, 5) is 0.336. The van der Waals surface area contributed by atoms with Gasteiger partial charge < -0.3 is 4.57 Å². The third kappa shape index (κ3) is 3.83. The number of sulfonamides is 1. The SMILES string of the molecule is Cc1ccc(C)c(S(=O)(=O)NC(C)c2ccc(-n3cccc3)cc2)c1. The number of hydrogen-bond acceptors (Lipinski definition) is 2. The van der Waals surface area contributed by atoms with Crippen LogP contribution in [0.15, 0.2) is 71.9 Å². The van der Waals surface area contributed by atoms with Gasteiger partial charge in [0.1, 0.15) is 0 Å². The molecule has 25 heavy (non-hydrogen) atoms. The van der Waals surface area contributed by atoms with E-state index in [1.54, 1.807) is 6.07 Å². The van der Waals surface area contributed by atoms with E-state index in [0.29, 0.717) is 4.90 Å². The van der Waals surface area contributed by atoms with Crippen LogP contribution >= 0.6 is 0 Å². The molecule has 4 nitrogen and oxygen atoms in total. The zero-order chi connectivity index (χ0) is 18.0. The van der Waals surface area contributed by atoms with Crippen LogP contribution in [-0.4, -0.2) is 13.0 Å². The Bertz CT molecular complexity index is 959. The van der Waals surface area contributed by atoms with E-state index < -0.39 is 10.0 Å². The van der Waals surface area contributed by atoms with Crippen molar-refractivity contribution in [2.45, 2.75) is 31.7 Å². The predicted molar refractivity (Wildman–Crippen MR) is 100 cm³/mol. The Labute approximate surface area is 149 Å². The summed E-state index contributed by atoms with van der Waals surface area (Å²) in [5, 5.41) is 0. The minimum atomic E-state index is -3.57. The number of nitrogens with zero attached hydrogens (tertiary/aromatic N) is 1. The van der Waals surface area contributed by atoms with Gasteiger partial charge in [0.25, 0.3) is 0 Å². The van der Waals surface area contributed by atoms with Crippen molar-refractivity contribution in [1.29, 1.82) is 0 Å². The topological polar surface area (TPSA) is 51.1 Å². The fourth-order valence-electron chi connectivity index (χ4n) is 2.80. The molecule has 0 aliphatic heterocycles. The van der Waals surface area contributed by atoms with Crippen molar-refractivity contribution in [3.8, 4) is 5.69 Å². The van der Waals surface area contributed by atoms with E-state index >= 15 is 0 Å². The Morgan fingerprint density at radius 3 is 2.24 bits per heavy atom. The van der Waals surface area contributed by atoms with Crippen LogP contribution in [0.3, 0.4) is 0 Å². The molecular formula is C20H22N2O2S. The second-order valence-electron chi connectivity index (χ2n) is 6.29. The van der Waals surface area contributed by atoms with Gasteiger partial charge in [-0.3, -0.25) is 0 Å². The predicted octanol–water partition coefficient (Wildman–Crippen LogP) is 4.13. The van der Waals surface area contributed by atoms with Crippen LogP contribution < -0.4 is 4.72 Å². The first-order valence-electron chi connectivity index (χ1n) is 8.20. The summed E-state index contributed by atoms with van der Waals surface area (Å²) in [7, 11) is -3.57. The van der Waals surface area contributed by atoms with Gasteiger partial charge in [-0.25, -0.2) is 13.1 Å². The van der Waals surface area contributed by atoms with Gasteiger partial charge in [-0.05, 0) is 67.8 Å². The van der Waals surface area contributed by atoms with Gasteiger partial charge in [-0.15, -0.1) is 0 Å². The largest absolute Gasteiger partial charge is 0.324 e. The molecule has 1 heterocycles. The quantitative estimate of drug-likeness (QED) is 0.749. The molecule has 3 aromatic rings. The molecular weight excluding hydrogens is 332 g/mol. The van der Waals surface area contributed by atoms with Crippen molar-refractivity contribution in [2.75, 3.05) is 0 Å². The Balaban J connectivity index is 1.81. The lowest BCUT2D eigenvalue weighted by molar-refractivity contribution is 0.566. The smallest absolute Gasteiger partial charge is 0.241 e. The molecule has 0 aliphatic rings. The lowest BCUT2D eigenvalue weighted by atomic mass is 10.1. The number of aryl methyl sites for hydroxylation is 2. The van der Waals surface area contributed by atoms with Crippen LogP contribution in [0.1, 0.15) is 29.7 Å². The van der Waals surface area contributed by atoms with Crippen molar-refractivity contribution < 1.29 is 8.42 Å². The first-order valence-corrected chi connectivity index (χ1v) is 9.68. The zero-order valence-electron chi connectivity index (χ0n) is 14.6. The first-order chi connectivity index (χ1) is 11.9. The Kier molecular flexibility index (Phi) is 4.79. The van der Waals surface area contributed by atoms with Gasteiger partial charge in [-0.2, -0.15) is 0 Å². The van der Waals surface area contributed by atoms with E-state index in [1.807, 2.05) is 86.3 Å². The van der Waals surface area contributed by atoms with Crippen molar-refractivity contribution in [3.05, 3.63) is 83.7 Å². The molecule has 0 fully saturated rings. The monoisotopic (exact) mass is 354 g/mol. The summed E-state index contributed by atoms with van der Waals surface area (Å²) >= 11 is 0. The normalized spacial score (nSPS) is 12.9. The maximum Gasteiger partial charge on any atom is 0.241 e. The molecule has 0 aliphatic carbocycles. The van der Waals surface area contributed by atoms with Crippen molar-refractivity contribution in [2.24, 2.45) is 0 Å². The number of benzene rings is 2. The standard InChI is InChI=1S/C20H22N2O2S/c1-15-6-7-16(2)20(14-15)25(23,24)21-17(3)18-8-10-19(11-9-18)22-12-4-5-13-22/h4-14,17,21H,1-3H3. The van der Waals surface area contributed by atoms with Crippen molar-refractivity contribution >= 4 is 10.0 Å². The van der Waals surface area contributed by atoms with E-state index in [9.17, 15) is 8.42 Å². The molecule has 1 aromatic heterocycles. The van der Waals surface area contributed by atoms with Gasteiger partial charge in [0.05, 0.1) is 4.90 Å². The summed E-state index contributed by atoms with van der Waals surface area (Å²) in [5.74, 6) is 0. The fourth-order valence-corrected chi connectivity index (χ4v) is 4.36. The van der Waals surface area contributed by atoms with Crippen LogP contribution in [0.25, 0.3) is 5.69 Å². The molecule has 0 bridgehead atoms. The van der Waals surface area contributed by atoms with E-state index in [2.05, 4.69) is 4.72 Å². The van der Waals surface area contributed by atoms with E-state index in [-0.39, 0.29) is 6.04 Å². The van der Waals surface area contributed by atoms with Gasteiger partial charge in [0.2, 0.25) is 10.0 Å². The average molecular weight is 354 g/mol. The van der Waals surface area contributed by atoms with E-state index in [0.717, 1.165) is 22.4 Å². The molecule has 1 atom stereocenters. The number of rotatable bonds is 5. The van der Waals surface area contributed by atoms with Gasteiger partial charge in [-0.1, -0.05) is 24.3 Å². The van der Waals surface area contributed by atoms with Gasteiger partial charge in [0.15, 0.2) is 0 Å². The Morgan fingerprint density at radius 1 is 0.960 bits per heavy atom. The molecule has 0 radical (unpaired) electrons. The van der Waals surface area contributed by atoms with Crippen molar-refractivity contribution in [3.63, 3.8) is 0 Å². The highest BCUT2D eigenvalue weighted by molar-refractivity contribution is 7.89. The molecule has 1 N–H and O–H groups in total. The molecule has 130 valence electrons. The molecule has 3 rings (SSSR count). The number of nitrogens with one attached hydrogen (secondary N) is 1. The first kappa shape index (κ1) is 17.5. The molecule has 0 amide bonds. The van der Waals surface area contributed by atoms with Crippen molar-refractivity contribution in [1.82, 2.24) is 9.29 Å². The third-order valence-electron chi connectivity index (χ3n) is 4.26. The summed E-state index contributed by atoms with van der Waals surface area (Å²) in [6.07, 6.45) is 3.95. The molecule has 2 aromatic carbocycles. The lowest BCUT2D eigenvalue weighted by Crippen LogP contribution is -2.27. The molecule has 1 unspecified atom stereocenters. The number of aromatic nitrogens is 1. The number of hydrogen-bond donors (Lipinski definition) is 1. The second kappa shape index (κ2) is 6.86. The summed E-state index contributed by atoms with van der Waals surface area (Å²) in [5.41, 5.74) is 3.63. The lowest BCUT2D eigenvalue weighted by Gasteiger charge is -2.17. The maximum atomic E-state index is 12.7. The zero-order valence-corrected chi connectivity index (χ0v) is 15.4. The summed E-state index contributed by atoms with van der Waals surface area (Å²) in [6.45, 7) is 5.56. The third-order valence-corrected chi connectivity index (χ3v) is 5.94. The molecule has 0 saturated carbocycles. The summed E-state index contributed by atoms with van der Waals surface area (Å²) in [6, 6.07) is 16.9. The van der Waals surface area contributed by atoms with E-state index in [1.165, 1.54) is 0 Å². The fraction of sp³-hybridized carbons (Fsp3) is 0.200. The molecule has 0 saturated heterocycles.